The first-order valence-corrected chi connectivity index (χ1v) is 6.71. The molecule has 0 amide bonds. The summed E-state index contributed by atoms with van der Waals surface area (Å²) in [5.74, 6) is 1.22. The van der Waals surface area contributed by atoms with Gasteiger partial charge in [0, 0.05) is 11.8 Å². The monoisotopic (exact) mass is 213 g/mol. The third kappa shape index (κ3) is 4.52. The zero-order chi connectivity index (χ0) is 10.4. The number of allylic oxidation sites excluding steroid dienone is 1. The lowest BCUT2D eigenvalue weighted by molar-refractivity contribution is 0.542. The summed E-state index contributed by atoms with van der Waals surface area (Å²) in [6.07, 6.45) is 9.96. The number of hydrogen-bond acceptors (Lipinski definition) is 2. The van der Waals surface area contributed by atoms with Crippen LogP contribution in [-0.4, -0.2) is 16.7 Å². The van der Waals surface area contributed by atoms with Gasteiger partial charge in [0.05, 0.1) is 4.87 Å². The topological polar surface area (TPSA) is 12.0 Å². The summed E-state index contributed by atoms with van der Waals surface area (Å²) < 4.78 is 0. The lowest BCUT2D eigenvalue weighted by Gasteiger charge is -2.17. The Hall–Kier alpha value is 0.0500. The number of thioether (sulfide) groups is 1. The fourth-order valence-corrected chi connectivity index (χ4v) is 2.73. The highest BCUT2D eigenvalue weighted by Crippen LogP contribution is 2.29. The molecule has 14 heavy (non-hydrogen) atoms. The summed E-state index contributed by atoms with van der Waals surface area (Å²) in [5.41, 5.74) is 0. The number of hydrogen-bond donors (Lipinski definition) is 1. The van der Waals surface area contributed by atoms with Crippen molar-refractivity contribution in [2.75, 3.05) is 5.75 Å². The maximum absolute atomic E-state index is 3.60. The van der Waals surface area contributed by atoms with Crippen LogP contribution in [0.5, 0.6) is 0 Å². The Morgan fingerprint density at radius 3 is 2.79 bits per heavy atom. The summed E-state index contributed by atoms with van der Waals surface area (Å²) in [4.78, 5) is 0.276. The standard InChI is InChI=1S/C12H23NS/c1-4-5-6-7-8-9-11-10-14-12(2,3)13-11/h8-9,11,13H,4-7,10H2,1-3H3/b9-8-/t11-/m1/s1. The highest BCUT2D eigenvalue weighted by molar-refractivity contribution is 8.00. The van der Waals surface area contributed by atoms with Crippen LogP contribution in [0.1, 0.15) is 46.5 Å². The molecule has 1 nitrogen and oxygen atoms in total. The van der Waals surface area contributed by atoms with Gasteiger partial charge in [0.2, 0.25) is 0 Å². The van der Waals surface area contributed by atoms with Gasteiger partial charge in [-0.1, -0.05) is 31.9 Å². The minimum atomic E-state index is 0.276. The molecule has 0 aromatic heterocycles. The fourth-order valence-electron chi connectivity index (χ4n) is 1.70. The average Bonchev–Trinajstić information content (AvgIpc) is 2.45. The van der Waals surface area contributed by atoms with Crippen molar-refractivity contribution in [3.05, 3.63) is 12.2 Å². The third-order valence-corrected chi connectivity index (χ3v) is 3.86. The van der Waals surface area contributed by atoms with E-state index in [9.17, 15) is 0 Å². The van der Waals surface area contributed by atoms with E-state index >= 15 is 0 Å². The maximum Gasteiger partial charge on any atom is 0.0593 e. The highest BCUT2D eigenvalue weighted by atomic mass is 32.2. The molecule has 1 aliphatic rings. The molecule has 1 heterocycles. The number of unbranched alkanes of at least 4 members (excludes halogenated alkanes) is 3. The van der Waals surface area contributed by atoms with Crippen molar-refractivity contribution < 1.29 is 0 Å². The van der Waals surface area contributed by atoms with E-state index in [2.05, 4.69) is 38.2 Å². The minimum Gasteiger partial charge on any atom is -0.296 e. The smallest absolute Gasteiger partial charge is 0.0593 e. The molecule has 1 atom stereocenters. The highest BCUT2D eigenvalue weighted by Gasteiger charge is 2.28. The first-order chi connectivity index (χ1) is 6.64. The Balaban J connectivity index is 2.13. The Morgan fingerprint density at radius 1 is 1.43 bits per heavy atom. The molecule has 0 aromatic carbocycles. The lowest BCUT2D eigenvalue weighted by Crippen LogP contribution is -2.35. The van der Waals surface area contributed by atoms with E-state index in [-0.39, 0.29) is 4.87 Å². The average molecular weight is 213 g/mol. The maximum atomic E-state index is 3.60. The van der Waals surface area contributed by atoms with Gasteiger partial charge >= 0.3 is 0 Å². The van der Waals surface area contributed by atoms with Crippen molar-refractivity contribution in [1.82, 2.24) is 5.32 Å². The van der Waals surface area contributed by atoms with Crippen LogP contribution in [0.2, 0.25) is 0 Å². The molecule has 0 saturated carbocycles. The minimum absolute atomic E-state index is 0.276. The largest absolute Gasteiger partial charge is 0.296 e. The molecule has 1 aliphatic heterocycles. The van der Waals surface area contributed by atoms with Crippen LogP contribution in [0.4, 0.5) is 0 Å². The Morgan fingerprint density at radius 2 is 2.21 bits per heavy atom. The van der Waals surface area contributed by atoms with Crippen molar-refractivity contribution >= 4 is 11.8 Å². The quantitative estimate of drug-likeness (QED) is 0.553. The van der Waals surface area contributed by atoms with Crippen LogP contribution in [0.3, 0.4) is 0 Å². The van der Waals surface area contributed by atoms with E-state index in [1.54, 1.807) is 0 Å². The van der Waals surface area contributed by atoms with Gasteiger partial charge in [-0.25, -0.2) is 0 Å². The van der Waals surface area contributed by atoms with Gasteiger partial charge in [-0.05, 0) is 26.7 Å². The Labute approximate surface area is 92.7 Å². The van der Waals surface area contributed by atoms with Crippen LogP contribution >= 0.6 is 11.8 Å². The third-order valence-electron chi connectivity index (χ3n) is 2.50. The fraction of sp³-hybridized carbons (Fsp3) is 0.833. The lowest BCUT2D eigenvalue weighted by atomic mass is 10.2. The molecule has 0 spiro atoms. The molecular formula is C12H23NS. The van der Waals surface area contributed by atoms with Gasteiger partial charge in [0.25, 0.3) is 0 Å². The van der Waals surface area contributed by atoms with E-state index in [1.807, 2.05) is 11.8 Å². The summed E-state index contributed by atoms with van der Waals surface area (Å²) in [6, 6.07) is 0.594. The second-order valence-corrected chi connectivity index (χ2v) is 6.14. The first kappa shape index (κ1) is 12.1. The molecule has 1 saturated heterocycles. The van der Waals surface area contributed by atoms with Crippen LogP contribution in [0.15, 0.2) is 12.2 Å². The zero-order valence-electron chi connectivity index (χ0n) is 9.68. The first-order valence-electron chi connectivity index (χ1n) is 5.72. The molecule has 82 valence electrons. The molecule has 1 N–H and O–H groups in total. The second-order valence-electron chi connectivity index (χ2n) is 4.50. The molecule has 0 aromatic rings. The normalized spacial score (nSPS) is 26.1. The predicted octanol–water partition coefficient (Wildman–Crippen LogP) is 3.56. The van der Waals surface area contributed by atoms with Crippen molar-refractivity contribution in [3.63, 3.8) is 0 Å². The van der Waals surface area contributed by atoms with Gasteiger partial charge < -0.3 is 0 Å². The molecule has 0 unspecified atom stereocenters. The van der Waals surface area contributed by atoms with Crippen molar-refractivity contribution in [3.8, 4) is 0 Å². The molecule has 1 fully saturated rings. The van der Waals surface area contributed by atoms with Gasteiger partial charge in [-0.15, -0.1) is 11.8 Å². The van der Waals surface area contributed by atoms with Crippen molar-refractivity contribution in [2.24, 2.45) is 0 Å². The number of nitrogens with one attached hydrogen (secondary N) is 1. The predicted molar refractivity (Wildman–Crippen MR) is 66.7 cm³/mol. The molecule has 0 aliphatic carbocycles. The van der Waals surface area contributed by atoms with E-state index in [4.69, 9.17) is 0 Å². The molecule has 2 heteroatoms. The van der Waals surface area contributed by atoms with Gasteiger partial charge in [0.1, 0.15) is 0 Å². The second kappa shape index (κ2) is 5.82. The van der Waals surface area contributed by atoms with Crippen molar-refractivity contribution in [1.29, 1.82) is 0 Å². The van der Waals surface area contributed by atoms with E-state index in [1.165, 1.54) is 31.4 Å². The summed E-state index contributed by atoms with van der Waals surface area (Å²) in [7, 11) is 0. The van der Waals surface area contributed by atoms with Gasteiger partial charge in [-0.3, -0.25) is 5.32 Å². The zero-order valence-corrected chi connectivity index (χ0v) is 10.5. The molecular weight excluding hydrogens is 190 g/mol. The van der Waals surface area contributed by atoms with Crippen LogP contribution in [-0.2, 0) is 0 Å². The van der Waals surface area contributed by atoms with Gasteiger partial charge in [-0.2, -0.15) is 0 Å². The number of rotatable bonds is 5. The summed E-state index contributed by atoms with van der Waals surface area (Å²) >= 11 is 2.01. The molecule has 0 radical (unpaired) electrons. The Bertz CT molecular complexity index is 187. The van der Waals surface area contributed by atoms with Crippen LogP contribution in [0, 0.1) is 0 Å². The van der Waals surface area contributed by atoms with E-state index < -0.39 is 0 Å². The van der Waals surface area contributed by atoms with E-state index in [0.717, 1.165) is 0 Å². The van der Waals surface area contributed by atoms with Crippen LogP contribution in [0.25, 0.3) is 0 Å². The molecule has 1 rings (SSSR count). The van der Waals surface area contributed by atoms with Crippen molar-refractivity contribution in [2.45, 2.75) is 57.4 Å². The van der Waals surface area contributed by atoms with Crippen LogP contribution < -0.4 is 5.32 Å². The van der Waals surface area contributed by atoms with E-state index in [0.29, 0.717) is 6.04 Å². The summed E-state index contributed by atoms with van der Waals surface area (Å²) in [6.45, 7) is 6.76. The molecule has 0 bridgehead atoms. The van der Waals surface area contributed by atoms with Gasteiger partial charge in [0.15, 0.2) is 0 Å². The Kier molecular flexibility index (Phi) is 5.04. The summed E-state index contributed by atoms with van der Waals surface area (Å²) in [5, 5.41) is 3.60. The SMILES string of the molecule is CCCCC/C=C\[C@@H]1CSC(C)(C)N1.